The van der Waals surface area contributed by atoms with E-state index in [-0.39, 0.29) is 18.8 Å². The molecule has 5 rings (SSSR count). The zero-order valence-electron chi connectivity index (χ0n) is 17.5. The Hall–Kier alpha value is -4.04. The highest BCUT2D eigenvalue weighted by Crippen LogP contribution is 2.25. The van der Waals surface area contributed by atoms with E-state index in [4.69, 9.17) is 4.74 Å². The van der Waals surface area contributed by atoms with Crippen LogP contribution in [0.25, 0.3) is 22.4 Å². The summed E-state index contributed by atoms with van der Waals surface area (Å²) in [5.41, 5.74) is 5.10. The van der Waals surface area contributed by atoms with Crippen molar-refractivity contribution in [1.82, 2.24) is 24.4 Å². The second kappa shape index (κ2) is 8.24. The fourth-order valence-electron chi connectivity index (χ4n) is 3.57. The minimum absolute atomic E-state index is 0.0402. The van der Waals surface area contributed by atoms with Crippen LogP contribution in [0.1, 0.15) is 16.8 Å². The number of aryl methyl sites for hydroxylation is 1. The van der Waals surface area contributed by atoms with Gasteiger partial charge in [-0.2, -0.15) is 0 Å². The first-order valence-corrected chi connectivity index (χ1v) is 10.3. The molecule has 2 aromatic carbocycles. The molecule has 0 aliphatic rings. The van der Waals surface area contributed by atoms with Crippen molar-refractivity contribution in [2.75, 3.05) is 6.61 Å². The Balaban J connectivity index is 1.51. The molecule has 0 saturated heterocycles. The number of ether oxygens (including phenoxy) is 1. The number of hydrogen-bond acceptors (Lipinski definition) is 6. The summed E-state index contributed by atoms with van der Waals surface area (Å²) in [6.45, 7) is 2.11. The third-order valence-corrected chi connectivity index (χ3v) is 5.18. The van der Waals surface area contributed by atoms with E-state index in [1.54, 1.807) is 6.20 Å². The number of fused-ring (bicyclic) bond motifs is 2. The summed E-state index contributed by atoms with van der Waals surface area (Å²) >= 11 is 0. The molecule has 0 bridgehead atoms. The van der Waals surface area contributed by atoms with Crippen LogP contribution in [0.15, 0.2) is 71.7 Å². The summed E-state index contributed by atoms with van der Waals surface area (Å²) in [6.07, 6.45) is 2.23. The molecule has 8 nitrogen and oxygen atoms in total. The largest absolute Gasteiger partial charge is 0.485 e. The number of aliphatic hydroxyl groups excluding tert-OH is 1. The number of rotatable bonds is 6. The topological polar surface area (TPSA) is 94.5 Å². The van der Waals surface area contributed by atoms with E-state index < -0.39 is 0 Å². The Morgan fingerprint density at radius 3 is 2.53 bits per heavy atom. The van der Waals surface area contributed by atoms with Gasteiger partial charge in [0.05, 0.1) is 5.69 Å². The lowest BCUT2D eigenvalue weighted by Gasteiger charge is -2.12. The first kappa shape index (κ1) is 19.9. The second-order valence-electron chi connectivity index (χ2n) is 7.56. The smallest absolute Gasteiger partial charge is 0.258 e. The molecule has 8 heteroatoms. The third kappa shape index (κ3) is 3.83. The molecule has 0 aliphatic heterocycles. The fraction of sp³-hybridized carbons (Fsp3) is 0.167. The van der Waals surface area contributed by atoms with Gasteiger partial charge in [-0.25, -0.2) is 4.98 Å². The van der Waals surface area contributed by atoms with Gasteiger partial charge in [0.25, 0.3) is 5.56 Å². The first-order valence-electron chi connectivity index (χ1n) is 10.3. The van der Waals surface area contributed by atoms with Gasteiger partial charge in [-0.3, -0.25) is 9.20 Å². The fourth-order valence-corrected chi connectivity index (χ4v) is 3.57. The molecule has 0 radical (unpaired) electrons. The number of pyridine rings is 1. The van der Waals surface area contributed by atoms with Crippen molar-refractivity contribution in [2.24, 2.45) is 0 Å². The maximum absolute atomic E-state index is 12.4. The highest BCUT2D eigenvalue weighted by atomic mass is 16.5. The standard InChI is InChI=1S/C24H21N5O3/c1-16-8-10-28-23(12-16)25-18(14-24(28)31)15-32-22-7-6-17(9-11-30)13-21(22)29-26-19-4-2-3-5-20(19)27-29/h2-8,10,12-14,30H,9,11,15H2,1H3. The number of nitrogens with zero attached hydrogens (tertiary/aromatic N) is 5. The van der Waals surface area contributed by atoms with Gasteiger partial charge in [-0.15, -0.1) is 15.0 Å². The van der Waals surface area contributed by atoms with E-state index in [1.165, 1.54) is 15.3 Å². The Morgan fingerprint density at radius 1 is 1.00 bits per heavy atom. The predicted octanol–water partition coefficient (Wildman–Crippen LogP) is 2.85. The zero-order valence-corrected chi connectivity index (χ0v) is 17.5. The van der Waals surface area contributed by atoms with Crippen LogP contribution in [-0.4, -0.2) is 36.1 Å². The van der Waals surface area contributed by atoms with Gasteiger partial charge >= 0.3 is 0 Å². The summed E-state index contributed by atoms with van der Waals surface area (Å²) in [5.74, 6) is 0.554. The quantitative estimate of drug-likeness (QED) is 0.448. The molecule has 0 fully saturated rings. The Labute approximate surface area is 183 Å². The number of aliphatic hydroxyl groups is 1. The van der Waals surface area contributed by atoms with E-state index in [1.807, 2.05) is 61.5 Å². The monoisotopic (exact) mass is 427 g/mol. The van der Waals surface area contributed by atoms with Crippen LogP contribution in [0.3, 0.4) is 0 Å². The molecule has 0 atom stereocenters. The molecule has 0 spiro atoms. The Morgan fingerprint density at radius 2 is 1.78 bits per heavy atom. The molecule has 0 saturated carbocycles. The molecular formula is C24H21N5O3. The zero-order chi connectivity index (χ0) is 22.1. The van der Waals surface area contributed by atoms with E-state index in [0.717, 1.165) is 22.2 Å². The van der Waals surface area contributed by atoms with Crippen molar-refractivity contribution in [3.05, 3.63) is 94.0 Å². The van der Waals surface area contributed by atoms with Crippen molar-refractivity contribution < 1.29 is 9.84 Å². The molecule has 3 heterocycles. The molecule has 160 valence electrons. The van der Waals surface area contributed by atoms with Crippen molar-refractivity contribution in [3.8, 4) is 11.4 Å². The van der Waals surface area contributed by atoms with E-state index >= 15 is 0 Å². The lowest BCUT2D eigenvalue weighted by molar-refractivity contribution is 0.296. The normalized spacial score (nSPS) is 11.3. The van der Waals surface area contributed by atoms with Gasteiger partial charge in [0.2, 0.25) is 0 Å². The van der Waals surface area contributed by atoms with Crippen LogP contribution < -0.4 is 10.3 Å². The minimum Gasteiger partial charge on any atom is -0.485 e. The molecule has 0 amide bonds. The van der Waals surface area contributed by atoms with Crippen molar-refractivity contribution in [2.45, 2.75) is 20.0 Å². The van der Waals surface area contributed by atoms with Crippen LogP contribution >= 0.6 is 0 Å². The summed E-state index contributed by atoms with van der Waals surface area (Å²) in [4.78, 5) is 18.5. The average molecular weight is 427 g/mol. The molecule has 3 aromatic heterocycles. The van der Waals surface area contributed by atoms with E-state index in [2.05, 4.69) is 15.2 Å². The third-order valence-electron chi connectivity index (χ3n) is 5.18. The SMILES string of the molecule is Cc1ccn2c(=O)cc(COc3ccc(CCO)cc3-n3nc4ccccc4n3)nc2c1. The molecule has 5 aromatic rings. The number of benzene rings is 2. The predicted molar refractivity (Wildman–Crippen MR) is 120 cm³/mol. The number of aromatic nitrogens is 5. The minimum atomic E-state index is -0.160. The van der Waals surface area contributed by atoms with Gasteiger partial charge in [-0.05, 0) is 60.9 Å². The Bertz CT molecular complexity index is 1460. The molecule has 1 N–H and O–H groups in total. The van der Waals surface area contributed by atoms with Crippen LogP contribution in [0.2, 0.25) is 0 Å². The Kier molecular flexibility index (Phi) is 5.12. The van der Waals surface area contributed by atoms with Gasteiger partial charge in [-0.1, -0.05) is 18.2 Å². The summed E-state index contributed by atoms with van der Waals surface area (Å²) in [5, 5.41) is 18.5. The maximum atomic E-state index is 12.4. The molecule has 32 heavy (non-hydrogen) atoms. The van der Waals surface area contributed by atoms with E-state index in [0.29, 0.717) is 29.2 Å². The van der Waals surface area contributed by atoms with Crippen LogP contribution in [-0.2, 0) is 13.0 Å². The number of hydrogen-bond donors (Lipinski definition) is 1. The lowest BCUT2D eigenvalue weighted by atomic mass is 10.1. The molecular weight excluding hydrogens is 406 g/mol. The van der Waals surface area contributed by atoms with Crippen LogP contribution in [0.4, 0.5) is 0 Å². The van der Waals surface area contributed by atoms with Gasteiger partial charge in [0.1, 0.15) is 34.7 Å². The summed E-state index contributed by atoms with van der Waals surface area (Å²) < 4.78 is 7.57. The van der Waals surface area contributed by atoms with Gasteiger partial charge in [0, 0.05) is 18.9 Å². The summed E-state index contributed by atoms with van der Waals surface area (Å²) in [7, 11) is 0. The average Bonchev–Trinajstić information content (AvgIpc) is 3.22. The first-order chi connectivity index (χ1) is 15.6. The van der Waals surface area contributed by atoms with Crippen molar-refractivity contribution >= 4 is 16.7 Å². The maximum Gasteiger partial charge on any atom is 0.258 e. The summed E-state index contributed by atoms with van der Waals surface area (Å²) in [6, 6.07) is 18.4. The van der Waals surface area contributed by atoms with Gasteiger partial charge < -0.3 is 9.84 Å². The van der Waals surface area contributed by atoms with Crippen LogP contribution in [0.5, 0.6) is 5.75 Å². The molecule has 0 aliphatic carbocycles. The highest BCUT2D eigenvalue weighted by Gasteiger charge is 2.13. The van der Waals surface area contributed by atoms with Gasteiger partial charge in [0.15, 0.2) is 0 Å². The lowest BCUT2D eigenvalue weighted by Crippen LogP contribution is -2.16. The second-order valence-corrected chi connectivity index (χ2v) is 7.56. The van der Waals surface area contributed by atoms with Crippen molar-refractivity contribution in [3.63, 3.8) is 0 Å². The van der Waals surface area contributed by atoms with Crippen LogP contribution in [0, 0.1) is 6.92 Å². The molecule has 0 unspecified atom stereocenters. The van der Waals surface area contributed by atoms with Crippen molar-refractivity contribution in [1.29, 1.82) is 0 Å². The highest BCUT2D eigenvalue weighted by molar-refractivity contribution is 5.73. The van der Waals surface area contributed by atoms with E-state index in [9.17, 15) is 9.90 Å².